The van der Waals surface area contributed by atoms with Gasteiger partial charge in [-0.3, -0.25) is 4.90 Å². The van der Waals surface area contributed by atoms with Gasteiger partial charge in [0.1, 0.15) is 0 Å². The van der Waals surface area contributed by atoms with E-state index < -0.39 is 0 Å². The number of hydrogen-bond acceptors (Lipinski definition) is 6. The molecule has 0 unspecified atom stereocenters. The van der Waals surface area contributed by atoms with Gasteiger partial charge in [0.05, 0.1) is 17.3 Å². The molecule has 0 bridgehead atoms. The van der Waals surface area contributed by atoms with E-state index in [9.17, 15) is 5.26 Å². The average Bonchev–Trinajstić information content (AvgIpc) is 2.79. The molecule has 1 aliphatic rings. The first-order valence-corrected chi connectivity index (χ1v) is 11.3. The summed E-state index contributed by atoms with van der Waals surface area (Å²) in [7, 11) is 0. The summed E-state index contributed by atoms with van der Waals surface area (Å²) < 4.78 is 0. The molecule has 0 saturated carbocycles. The molecule has 6 nitrogen and oxygen atoms in total. The summed E-state index contributed by atoms with van der Waals surface area (Å²) in [5.74, 6) is 0.729. The Bertz CT molecular complexity index is 1130. The minimum Gasteiger partial charge on any atom is -0.369 e. The lowest BCUT2D eigenvalue weighted by molar-refractivity contribution is 0.134. The van der Waals surface area contributed by atoms with Crippen molar-refractivity contribution in [3.8, 4) is 6.07 Å². The molecule has 168 valence electrons. The van der Waals surface area contributed by atoms with Crippen LogP contribution in [0.5, 0.6) is 0 Å². The minimum absolute atomic E-state index is 0.571. The van der Waals surface area contributed by atoms with Gasteiger partial charge in [0.2, 0.25) is 0 Å². The molecule has 0 atom stereocenters. The molecule has 1 aromatic heterocycles. The maximum absolute atomic E-state index is 9.32. The van der Waals surface area contributed by atoms with Crippen molar-refractivity contribution in [2.24, 2.45) is 0 Å². The first kappa shape index (κ1) is 23.5. The Balaban J connectivity index is 1.90. The van der Waals surface area contributed by atoms with Gasteiger partial charge in [0, 0.05) is 54.9 Å². The predicted octanol–water partition coefficient (Wildman–Crippen LogP) is 2.70. The second-order valence-corrected chi connectivity index (χ2v) is 8.56. The maximum Gasteiger partial charge on any atom is 0.156 e. The van der Waals surface area contributed by atoms with E-state index >= 15 is 0 Å². The standard InChI is InChI=1S/C26H34N6/c1-7-24-21(6)29-30-26(28-17-23-10-8-9-22(16-27)20(23)5)25(24)15-19(4)32-13-11-31(12-14-32)18(2)3/h7-10,15,18H,4,11-14,17H2,1-3,5-6H3,(H,28,30)/b24-7-,25-15+. The number of piperazine rings is 1. The molecule has 2 heterocycles. The molecule has 3 rings (SSSR count). The van der Waals surface area contributed by atoms with E-state index in [1.165, 1.54) is 0 Å². The monoisotopic (exact) mass is 430 g/mol. The number of nitriles is 1. The molecule has 0 aliphatic carbocycles. The Morgan fingerprint density at radius 1 is 1.19 bits per heavy atom. The second kappa shape index (κ2) is 10.4. The van der Waals surface area contributed by atoms with Gasteiger partial charge in [0.15, 0.2) is 5.82 Å². The summed E-state index contributed by atoms with van der Waals surface area (Å²) >= 11 is 0. The zero-order chi connectivity index (χ0) is 23.3. The number of anilines is 1. The van der Waals surface area contributed by atoms with Crippen LogP contribution in [0.4, 0.5) is 5.82 Å². The first-order chi connectivity index (χ1) is 15.3. The zero-order valence-corrected chi connectivity index (χ0v) is 19.9. The quantitative estimate of drug-likeness (QED) is 0.760. The third-order valence-corrected chi connectivity index (χ3v) is 6.30. The van der Waals surface area contributed by atoms with Gasteiger partial charge in [-0.1, -0.05) is 24.8 Å². The van der Waals surface area contributed by atoms with Crippen molar-refractivity contribution in [1.29, 1.82) is 5.26 Å². The van der Waals surface area contributed by atoms with Crippen LogP contribution in [-0.4, -0.2) is 52.2 Å². The normalized spacial score (nSPS) is 15.8. The zero-order valence-electron chi connectivity index (χ0n) is 19.9. The van der Waals surface area contributed by atoms with Crippen molar-refractivity contribution >= 4 is 18.0 Å². The highest BCUT2D eigenvalue weighted by molar-refractivity contribution is 5.54. The van der Waals surface area contributed by atoms with E-state index in [4.69, 9.17) is 0 Å². The Labute approximate surface area is 191 Å². The predicted molar refractivity (Wildman–Crippen MR) is 131 cm³/mol. The van der Waals surface area contributed by atoms with Gasteiger partial charge in [-0.2, -0.15) is 10.4 Å². The van der Waals surface area contributed by atoms with Crippen LogP contribution in [-0.2, 0) is 6.54 Å². The Kier molecular flexibility index (Phi) is 7.66. The molecule has 2 aromatic rings. The molecular weight excluding hydrogens is 396 g/mol. The summed E-state index contributed by atoms with van der Waals surface area (Å²) in [5, 5.41) is 23.7. The third kappa shape index (κ3) is 5.17. The number of aromatic nitrogens is 2. The lowest BCUT2D eigenvalue weighted by Crippen LogP contribution is -2.48. The molecule has 1 saturated heterocycles. The number of aryl methyl sites for hydroxylation is 1. The molecule has 1 fully saturated rings. The van der Waals surface area contributed by atoms with E-state index in [1.807, 2.05) is 39.0 Å². The van der Waals surface area contributed by atoms with Crippen LogP contribution < -0.4 is 15.8 Å². The number of nitrogens with zero attached hydrogens (tertiary/aromatic N) is 5. The molecule has 1 aliphatic heterocycles. The van der Waals surface area contributed by atoms with Gasteiger partial charge < -0.3 is 10.2 Å². The van der Waals surface area contributed by atoms with E-state index in [2.05, 4.69) is 64.0 Å². The Morgan fingerprint density at radius 3 is 2.53 bits per heavy atom. The molecule has 1 N–H and O–H groups in total. The Morgan fingerprint density at radius 2 is 1.91 bits per heavy atom. The SMILES string of the molecule is C=C(/C=c1/c(NCc2cccc(C#N)c2C)nnc(C)/c1=C/C)N1CCN(C(C)C)CC1. The number of allylic oxidation sites excluding steroid dienone is 1. The number of rotatable bonds is 6. The lowest BCUT2D eigenvalue weighted by Gasteiger charge is -2.38. The largest absolute Gasteiger partial charge is 0.369 e. The van der Waals surface area contributed by atoms with E-state index in [0.29, 0.717) is 18.2 Å². The van der Waals surface area contributed by atoms with Crippen molar-refractivity contribution in [2.45, 2.75) is 47.2 Å². The van der Waals surface area contributed by atoms with Crippen molar-refractivity contribution in [3.63, 3.8) is 0 Å². The van der Waals surface area contributed by atoms with Gasteiger partial charge >= 0.3 is 0 Å². The summed E-state index contributed by atoms with van der Waals surface area (Å²) in [6.07, 6.45) is 4.20. The van der Waals surface area contributed by atoms with Crippen LogP contribution in [0.25, 0.3) is 12.2 Å². The number of hydrogen-bond donors (Lipinski definition) is 1. The van der Waals surface area contributed by atoms with Crippen molar-refractivity contribution in [1.82, 2.24) is 20.0 Å². The summed E-state index contributed by atoms with van der Waals surface area (Å²) in [4.78, 5) is 4.84. The van der Waals surface area contributed by atoms with Gasteiger partial charge in [-0.25, -0.2) is 0 Å². The topological polar surface area (TPSA) is 68.1 Å². The Hall–Kier alpha value is -3.17. The molecule has 6 heteroatoms. The maximum atomic E-state index is 9.32. The van der Waals surface area contributed by atoms with Crippen LogP contribution in [0.2, 0.25) is 0 Å². The second-order valence-electron chi connectivity index (χ2n) is 8.56. The van der Waals surface area contributed by atoms with Crippen molar-refractivity contribution in [3.05, 3.63) is 63.3 Å². The van der Waals surface area contributed by atoms with E-state index in [1.54, 1.807) is 0 Å². The van der Waals surface area contributed by atoms with Gasteiger partial charge in [-0.15, -0.1) is 5.10 Å². The molecule has 1 aromatic carbocycles. The molecule has 0 radical (unpaired) electrons. The number of benzene rings is 1. The highest BCUT2D eigenvalue weighted by Gasteiger charge is 2.19. The fourth-order valence-electron chi connectivity index (χ4n) is 4.15. The molecule has 0 amide bonds. The van der Waals surface area contributed by atoms with Gasteiger partial charge in [0.25, 0.3) is 0 Å². The summed E-state index contributed by atoms with van der Waals surface area (Å²) in [6.45, 7) is 19.5. The van der Waals surface area contributed by atoms with Crippen LogP contribution in [0.15, 0.2) is 30.5 Å². The number of nitrogens with one attached hydrogen (secondary N) is 1. The van der Waals surface area contributed by atoms with Crippen LogP contribution in [0.3, 0.4) is 0 Å². The van der Waals surface area contributed by atoms with Gasteiger partial charge in [-0.05, 0) is 57.9 Å². The van der Waals surface area contributed by atoms with Crippen molar-refractivity contribution < 1.29 is 0 Å². The average molecular weight is 431 g/mol. The van der Waals surface area contributed by atoms with Crippen LogP contribution in [0, 0.1) is 25.2 Å². The smallest absolute Gasteiger partial charge is 0.156 e. The van der Waals surface area contributed by atoms with Crippen LogP contribution in [0.1, 0.15) is 43.2 Å². The highest BCUT2D eigenvalue weighted by atomic mass is 15.3. The van der Waals surface area contributed by atoms with E-state index in [-0.39, 0.29) is 0 Å². The fraction of sp³-hybridized carbons (Fsp3) is 0.423. The molecular formula is C26H34N6. The lowest BCUT2D eigenvalue weighted by atomic mass is 10.0. The fourth-order valence-corrected chi connectivity index (χ4v) is 4.15. The van der Waals surface area contributed by atoms with Crippen LogP contribution >= 0.6 is 0 Å². The molecule has 0 spiro atoms. The summed E-state index contributed by atoms with van der Waals surface area (Å²) in [5.41, 5.74) is 4.65. The first-order valence-electron chi connectivity index (χ1n) is 11.3. The minimum atomic E-state index is 0.571. The van der Waals surface area contributed by atoms with Crippen molar-refractivity contribution in [2.75, 3.05) is 31.5 Å². The third-order valence-electron chi connectivity index (χ3n) is 6.30. The van der Waals surface area contributed by atoms with E-state index in [0.717, 1.165) is 65.0 Å². The molecule has 32 heavy (non-hydrogen) atoms. The summed E-state index contributed by atoms with van der Waals surface area (Å²) in [6, 6.07) is 8.62. The highest BCUT2D eigenvalue weighted by Crippen LogP contribution is 2.14.